The summed E-state index contributed by atoms with van der Waals surface area (Å²) in [5, 5.41) is 3.71. The van der Waals surface area contributed by atoms with Gasteiger partial charge < -0.3 is 10.1 Å². The quantitative estimate of drug-likeness (QED) is 0.746. The number of rotatable bonds is 7. The Morgan fingerprint density at radius 2 is 2.11 bits per heavy atom. The molecule has 2 atom stereocenters. The molecule has 0 bridgehead atoms. The lowest BCUT2D eigenvalue weighted by atomic mass is 9.97. The SMILES string of the molecule is CCCNC1c2ccccc2CC1CCOCC. The average Bonchev–Trinajstić information content (AvgIpc) is 2.74. The van der Waals surface area contributed by atoms with Crippen molar-refractivity contribution in [1.29, 1.82) is 0 Å². The van der Waals surface area contributed by atoms with Gasteiger partial charge in [0.05, 0.1) is 0 Å². The molecule has 0 heterocycles. The van der Waals surface area contributed by atoms with Gasteiger partial charge in [-0.2, -0.15) is 0 Å². The topological polar surface area (TPSA) is 21.3 Å². The highest BCUT2D eigenvalue weighted by Crippen LogP contribution is 2.37. The van der Waals surface area contributed by atoms with E-state index < -0.39 is 0 Å². The standard InChI is InChI=1S/C16H25NO/c1-3-10-17-16-14(9-11-18-4-2)12-13-7-5-6-8-15(13)16/h5-8,14,16-17H,3-4,9-12H2,1-2H3. The fraction of sp³-hybridized carbons (Fsp3) is 0.625. The molecule has 0 saturated heterocycles. The Hall–Kier alpha value is -0.860. The van der Waals surface area contributed by atoms with E-state index in [0.29, 0.717) is 12.0 Å². The first kappa shape index (κ1) is 13.6. The van der Waals surface area contributed by atoms with Crippen molar-refractivity contribution in [2.45, 2.75) is 39.2 Å². The van der Waals surface area contributed by atoms with Crippen molar-refractivity contribution in [2.75, 3.05) is 19.8 Å². The van der Waals surface area contributed by atoms with Crippen LogP contribution in [-0.4, -0.2) is 19.8 Å². The molecule has 2 unspecified atom stereocenters. The first-order valence-corrected chi connectivity index (χ1v) is 7.25. The first-order valence-electron chi connectivity index (χ1n) is 7.25. The number of benzene rings is 1. The molecular weight excluding hydrogens is 222 g/mol. The Morgan fingerprint density at radius 3 is 2.89 bits per heavy atom. The van der Waals surface area contributed by atoms with Gasteiger partial charge in [0.1, 0.15) is 0 Å². The van der Waals surface area contributed by atoms with Crippen molar-refractivity contribution in [2.24, 2.45) is 5.92 Å². The number of hydrogen-bond donors (Lipinski definition) is 1. The van der Waals surface area contributed by atoms with Crippen molar-refractivity contribution < 1.29 is 4.74 Å². The maximum absolute atomic E-state index is 5.52. The molecule has 0 spiro atoms. The molecule has 2 rings (SSSR count). The van der Waals surface area contributed by atoms with Gasteiger partial charge in [0.15, 0.2) is 0 Å². The van der Waals surface area contributed by atoms with E-state index in [1.54, 1.807) is 0 Å². The molecule has 1 aromatic carbocycles. The number of fused-ring (bicyclic) bond motifs is 1. The van der Waals surface area contributed by atoms with E-state index in [2.05, 4.69) is 43.4 Å². The van der Waals surface area contributed by atoms with Gasteiger partial charge in [-0.05, 0) is 49.8 Å². The minimum Gasteiger partial charge on any atom is -0.382 e. The summed E-state index contributed by atoms with van der Waals surface area (Å²) in [5.41, 5.74) is 3.03. The molecule has 100 valence electrons. The van der Waals surface area contributed by atoms with Crippen LogP contribution in [0.1, 0.15) is 43.9 Å². The molecule has 0 fully saturated rings. The fourth-order valence-corrected chi connectivity index (χ4v) is 2.90. The third kappa shape index (κ3) is 3.12. The second kappa shape index (κ2) is 6.91. The highest BCUT2D eigenvalue weighted by molar-refractivity contribution is 5.35. The lowest BCUT2D eigenvalue weighted by molar-refractivity contribution is 0.127. The minimum absolute atomic E-state index is 0.529. The Kier molecular flexibility index (Phi) is 5.21. The summed E-state index contributed by atoms with van der Waals surface area (Å²) >= 11 is 0. The summed E-state index contributed by atoms with van der Waals surface area (Å²) in [7, 11) is 0. The van der Waals surface area contributed by atoms with Gasteiger partial charge in [0.2, 0.25) is 0 Å². The van der Waals surface area contributed by atoms with Crippen molar-refractivity contribution in [1.82, 2.24) is 5.32 Å². The summed E-state index contributed by atoms with van der Waals surface area (Å²) in [6.07, 6.45) is 3.55. The molecule has 18 heavy (non-hydrogen) atoms. The molecule has 0 radical (unpaired) electrons. The molecule has 0 aliphatic heterocycles. The third-order valence-corrected chi connectivity index (χ3v) is 3.80. The molecule has 1 aliphatic carbocycles. The van der Waals surface area contributed by atoms with Crippen LogP contribution in [0.2, 0.25) is 0 Å². The smallest absolute Gasteiger partial charge is 0.0469 e. The third-order valence-electron chi connectivity index (χ3n) is 3.80. The largest absolute Gasteiger partial charge is 0.382 e. The average molecular weight is 247 g/mol. The van der Waals surface area contributed by atoms with E-state index >= 15 is 0 Å². The van der Waals surface area contributed by atoms with Gasteiger partial charge in [-0.1, -0.05) is 31.2 Å². The van der Waals surface area contributed by atoms with Crippen LogP contribution < -0.4 is 5.32 Å². The summed E-state index contributed by atoms with van der Waals surface area (Å²) in [5.74, 6) is 0.695. The zero-order chi connectivity index (χ0) is 12.8. The second-order valence-corrected chi connectivity index (χ2v) is 5.08. The fourth-order valence-electron chi connectivity index (χ4n) is 2.90. The number of ether oxygens (including phenoxy) is 1. The molecule has 2 heteroatoms. The Balaban J connectivity index is 2.02. The maximum atomic E-state index is 5.52. The van der Waals surface area contributed by atoms with E-state index in [1.807, 2.05) is 0 Å². The van der Waals surface area contributed by atoms with Crippen LogP contribution in [0.4, 0.5) is 0 Å². The van der Waals surface area contributed by atoms with Crippen LogP contribution in [0.15, 0.2) is 24.3 Å². The molecular formula is C16H25NO. The van der Waals surface area contributed by atoms with Crippen LogP contribution in [0.25, 0.3) is 0 Å². The van der Waals surface area contributed by atoms with E-state index in [1.165, 1.54) is 24.0 Å². The highest BCUT2D eigenvalue weighted by Gasteiger charge is 2.31. The van der Waals surface area contributed by atoms with E-state index in [9.17, 15) is 0 Å². The maximum Gasteiger partial charge on any atom is 0.0469 e. The Bertz CT molecular complexity index is 364. The van der Waals surface area contributed by atoms with Crippen molar-refractivity contribution >= 4 is 0 Å². The predicted octanol–water partition coefficient (Wildman–Crippen LogP) is 3.33. The lowest BCUT2D eigenvalue weighted by Crippen LogP contribution is -2.26. The van der Waals surface area contributed by atoms with Gasteiger partial charge in [-0.15, -0.1) is 0 Å². The normalized spacial score (nSPS) is 22.1. The summed E-state index contributed by atoms with van der Waals surface area (Å²) in [6.45, 7) is 7.11. The van der Waals surface area contributed by atoms with Crippen LogP contribution in [0, 0.1) is 5.92 Å². The highest BCUT2D eigenvalue weighted by atomic mass is 16.5. The molecule has 2 nitrogen and oxygen atoms in total. The minimum atomic E-state index is 0.529. The van der Waals surface area contributed by atoms with Crippen molar-refractivity contribution in [3.05, 3.63) is 35.4 Å². The van der Waals surface area contributed by atoms with Gasteiger partial charge >= 0.3 is 0 Å². The van der Waals surface area contributed by atoms with Crippen molar-refractivity contribution in [3.8, 4) is 0 Å². The molecule has 1 N–H and O–H groups in total. The zero-order valence-corrected chi connectivity index (χ0v) is 11.6. The Labute approximate surface area is 111 Å². The first-order chi connectivity index (χ1) is 8.86. The zero-order valence-electron chi connectivity index (χ0n) is 11.6. The van der Waals surface area contributed by atoms with Gasteiger partial charge in [-0.3, -0.25) is 0 Å². The Morgan fingerprint density at radius 1 is 1.28 bits per heavy atom. The molecule has 0 saturated carbocycles. The van der Waals surface area contributed by atoms with Crippen LogP contribution in [-0.2, 0) is 11.2 Å². The van der Waals surface area contributed by atoms with Crippen LogP contribution in [0.5, 0.6) is 0 Å². The monoisotopic (exact) mass is 247 g/mol. The van der Waals surface area contributed by atoms with Gasteiger partial charge in [-0.25, -0.2) is 0 Å². The van der Waals surface area contributed by atoms with Crippen molar-refractivity contribution in [3.63, 3.8) is 0 Å². The van der Waals surface area contributed by atoms with Gasteiger partial charge in [0.25, 0.3) is 0 Å². The second-order valence-electron chi connectivity index (χ2n) is 5.08. The lowest BCUT2D eigenvalue weighted by Gasteiger charge is -2.21. The summed E-state index contributed by atoms with van der Waals surface area (Å²) in [6, 6.07) is 9.40. The number of nitrogens with one attached hydrogen (secondary N) is 1. The summed E-state index contributed by atoms with van der Waals surface area (Å²) < 4.78 is 5.52. The molecule has 1 aliphatic rings. The van der Waals surface area contributed by atoms with E-state index in [-0.39, 0.29) is 0 Å². The van der Waals surface area contributed by atoms with Crippen LogP contribution in [0.3, 0.4) is 0 Å². The summed E-state index contributed by atoms with van der Waals surface area (Å²) in [4.78, 5) is 0. The predicted molar refractivity (Wildman–Crippen MR) is 75.8 cm³/mol. The van der Waals surface area contributed by atoms with E-state index in [4.69, 9.17) is 4.74 Å². The van der Waals surface area contributed by atoms with Crippen LogP contribution >= 0.6 is 0 Å². The molecule has 0 amide bonds. The molecule has 1 aromatic rings. The molecule has 0 aromatic heterocycles. The number of hydrogen-bond acceptors (Lipinski definition) is 2. The van der Waals surface area contributed by atoms with Gasteiger partial charge in [0, 0.05) is 19.3 Å². The van der Waals surface area contributed by atoms with E-state index in [0.717, 1.165) is 26.2 Å².